The van der Waals surface area contributed by atoms with E-state index in [9.17, 15) is 14.4 Å². The Labute approximate surface area is 206 Å². The van der Waals surface area contributed by atoms with Gasteiger partial charge < -0.3 is 29.6 Å². The number of alkyl carbamates (subject to hydrolysis) is 1. The molecule has 4 N–H and O–H groups in total. The van der Waals surface area contributed by atoms with Gasteiger partial charge in [0.15, 0.2) is 18.1 Å². The van der Waals surface area contributed by atoms with Crippen LogP contribution in [0.4, 0.5) is 4.79 Å². The van der Waals surface area contributed by atoms with Crippen LogP contribution in [0.25, 0.3) is 0 Å². The topological polar surface area (TPSA) is 164 Å². The van der Waals surface area contributed by atoms with Crippen molar-refractivity contribution in [3.05, 3.63) is 77.9 Å². The number of hydrogen-bond acceptors (Lipinski definition) is 8. The summed E-state index contributed by atoms with van der Waals surface area (Å²) in [6, 6.07) is 12.8. The van der Waals surface area contributed by atoms with Crippen molar-refractivity contribution in [3.63, 3.8) is 0 Å². The third-order valence-corrected chi connectivity index (χ3v) is 4.73. The van der Waals surface area contributed by atoms with Crippen LogP contribution >= 0.6 is 0 Å². The molecule has 12 nitrogen and oxygen atoms in total. The molecule has 0 saturated heterocycles. The average Bonchev–Trinajstić information content (AvgIpc) is 3.40. The largest absolute Gasteiger partial charge is 0.493 e. The minimum absolute atomic E-state index is 0.0528. The Kier molecular flexibility index (Phi) is 9.39. The third kappa shape index (κ3) is 8.17. The molecule has 12 heteroatoms. The van der Waals surface area contributed by atoms with E-state index in [4.69, 9.17) is 19.3 Å². The maximum Gasteiger partial charge on any atom is 0.408 e. The summed E-state index contributed by atoms with van der Waals surface area (Å²) < 4.78 is 15.6. The van der Waals surface area contributed by atoms with E-state index in [2.05, 4.69) is 25.8 Å². The first-order valence-electron chi connectivity index (χ1n) is 10.7. The van der Waals surface area contributed by atoms with Crippen LogP contribution in [0.1, 0.15) is 16.8 Å². The van der Waals surface area contributed by atoms with E-state index in [1.165, 1.54) is 25.7 Å². The summed E-state index contributed by atoms with van der Waals surface area (Å²) in [6.07, 6.45) is 3.74. The number of carbonyl (C=O) groups excluding carboxylic acids is 2. The first-order valence-corrected chi connectivity index (χ1v) is 10.7. The number of methoxy groups -OCH3 is 1. The summed E-state index contributed by atoms with van der Waals surface area (Å²) in [7, 11) is 1.41. The van der Waals surface area contributed by atoms with Gasteiger partial charge in [0, 0.05) is 18.3 Å². The average molecular weight is 495 g/mol. The van der Waals surface area contributed by atoms with Crippen molar-refractivity contribution in [2.24, 2.45) is 5.10 Å². The molecule has 0 unspecified atom stereocenters. The predicted octanol–water partition coefficient (Wildman–Crippen LogP) is 1.87. The lowest BCUT2D eigenvalue weighted by Gasteiger charge is -2.16. The highest BCUT2D eigenvalue weighted by molar-refractivity contribution is 5.87. The number of hydrazone groups is 1. The number of ether oxygens (including phenoxy) is 3. The lowest BCUT2D eigenvalue weighted by molar-refractivity contribution is -0.139. The Balaban J connectivity index is 1.61. The number of carboxylic acid groups (broad SMARTS) is 1. The molecule has 2 aromatic carbocycles. The summed E-state index contributed by atoms with van der Waals surface area (Å²) in [5.74, 6) is -1.15. The van der Waals surface area contributed by atoms with E-state index in [0.29, 0.717) is 17.0 Å². The number of nitrogens with zero attached hydrogens (tertiary/aromatic N) is 2. The molecule has 0 radical (unpaired) electrons. The smallest absolute Gasteiger partial charge is 0.408 e. The highest BCUT2D eigenvalue weighted by Gasteiger charge is 2.22. The number of aromatic nitrogens is 2. The van der Waals surface area contributed by atoms with Crippen LogP contribution in [0.2, 0.25) is 0 Å². The van der Waals surface area contributed by atoms with Gasteiger partial charge in [-0.15, -0.1) is 0 Å². The second-order valence-corrected chi connectivity index (χ2v) is 7.37. The number of imidazole rings is 1. The van der Waals surface area contributed by atoms with Gasteiger partial charge in [-0.3, -0.25) is 4.79 Å². The van der Waals surface area contributed by atoms with Crippen molar-refractivity contribution in [1.82, 2.24) is 20.7 Å². The second kappa shape index (κ2) is 13.1. The summed E-state index contributed by atoms with van der Waals surface area (Å²) in [6.45, 7) is -0.463. The highest BCUT2D eigenvalue weighted by atomic mass is 16.5. The van der Waals surface area contributed by atoms with Gasteiger partial charge in [0.1, 0.15) is 12.6 Å². The van der Waals surface area contributed by atoms with Crippen LogP contribution in [0.3, 0.4) is 0 Å². The molecular formula is C24H25N5O7. The molecule has 0 bridgehead atoms. The zero-order valence-corrected chi connectivity index (χ0v) is 19.3. The maximum atomic E-state index is 12.8. The molecule has 0 fully saturated rings. The lowest BCUT2D eigenvalue weighted by atomic mass is 10.1. The van der Waals surface area contributed by atoms with Gasteiger partial charge in [0.05, 0.1) is 19.7 Å². The van der Waals surface area contributed by atoms with Crippen LogP contribution < -0.4 is 20.2 Å². The normalized spacial score (nSPS) is 11.5. The van der Waals surface area contributed by atoms with Crippen molar-refractivity contribution in [2.45, 2.75) is 19.1 Å². The third-order valence-electron chi connectivity index (χ3n) is 4.73. The molecule has 1 aromatic heterocycles. The molecule has 0 spiro atoms. The van der Waals surface area contributed by atoms with Crippen molar-refractivity contribution < 1.29 is 33.7 Å². The van der Waals surface area contributed by atoms with Crippen LogP contribution in [0.5, 0.6) is 11.5 Å². The van der Waals surface area contributed by atoms with Gasteiger partial charge in [-0.25, -0.2) is 20.0 Å². The molecule has 188 valence electrons. The molecule has 0 aliphatic carbocycles. The van der Waals surface area contributed by atoms with E-state index in [1.807, 2.05) is 30.3 Å². The fraction of sp³-hybridized carbons (Fsp3) is 0.208. The van der Waals surface area contributed by atoms with Crippen molar-refractivity contribution in [3.8, 4) is 11.5 Å². The minimum Gasteiger partial charge on any atom is -0.493 e. The number of hydrogen-bond donors (Lipinski definition) is 4. The Morgan fingerprint density at radius 3 is 2.67 bits per heavy atom. The molecule has 1 atom stereocenters. The van der Waals surface area contributed by atoms with Gasteiger partial charge in [-0.05, 0) is 29.3 Å². The van der Waals surface area contributed by atoms with E-state index >= 15 is 0 Å². The fourth-order valence-electron chi connectivity index (χ4n) is 3.00. The molecule has 1 heterocycles. The van der Waals surface area contributed by atoms with E-state index in [1.54, 1.807) is 18.3 Å². The number of H-pyrrole nitrogens is 1. The molecule has 2 amide bonds. The standard InChI is InChI=1S/C24H25N5O7/c1-34-21-9-17(7-8-20(21)35-14-22(30)31)11-27-29-23(32)19(10-18-12-25-15-26-18)28-24(33)36-13-16-5-3-2-4-6-16/h2-9,11-12,15,19H,10,13-14H2,1H3,(H,25,26)(H,28,33)(H,29,32)(H,30,31)/b27-11-/t19-/m1/s1. The SMILES string of the molecule is COc1cc(/C=N\NC(=O)[C@@H](Cc2cnc[nH]2)NC(=O)OCc2ccccc2)ccc1OCC(=O)O. The summed E-state index contributed by atoms with van der Waals surface area (Å²) in [5.41, 5.74) is 4.38. The van der Waals surface area contributed by atoms with Crippen LogP contribution in [-0.4, -0.2) is 59.0 Å². The van der Waals surface area contributed by atoms with Gasteiger partial charge in [0.2, 0.25) is 0 Å². The summed E-state index contributed by atoms with van der Waals surface area (Å²) >= 11 is 0. The number of amides is 2. The van der Waals surface area contributed by atoms with Crippen LogP contribution in [0, 0.1) is 0 Å². The van der Waals surface area contributed by atoms with Gasteiger partial charge in [-0.1, -0.05) is 30.3 Å². The number of carbonyl (C=O) groups is 3. The number of rotatable bonds is 12. The first-order chi connectivity index (χ1) is 17.4. The van der Waals surface area contributed by atoms with Crippen molar-refractivity contribution in [2.75, 3.05) is 13.7 Å². The predicted molar refractivity (Wildman–Crippen MR) is 128 cm³/mol. The first kappa shape index (κ1) is 25.7. The maximum absolute atomic E-state index is 12.8. The zero-order chi connectivity index (χ0) is 25.8. The Bertz CT molecular complexity index is 1180. The summed E-state index contributed by atoms with van der Waals surface area (Å²) in [5, 5.41) is 15.2. The van der Waals surface area contributed by atoms with Gasteiger partial charge in [0.25, 0.3) is 5.91 Å². The molecule has 0 aliphatic rings. The monoisotopic (exact) mass is 495 g/mol. The molecular weight excluding hydrogens is 470 g/mol. The highest BCUT2D eigenvalue weighted by Crippen LogP contribution is 2.27. The number of nitrogens with one attached hydrogen (secondary N) is 3. The lowest BCUT2D eigenvalue weighted by Crippen LogP contribution is -2.47. The molecule has 0 aliphatic heterocycles. The molecule has 3 rings (SSSR count). The van der Waals surface area contributed by atoms with E-state index in [-0.39, 0.29) is 18.8 Å². The Morgan fingerprint density at radius 1 is 1.17 bits per heavy atom. The number of benzene rings is 2. The Hall–Kier alpha value is -4.87. The van der Waals surface area contributed by atoms with Crippen LogP contribution in [0.15, 0.2) is 66.2 Å². The van der Waals surface area contributed by atoms with Gasteiger partial charge in [-0.2, -0.15) is 5.10 Å². The zero-order valence-electron chi connectivity index (χ0n) is 19.3. The van der Waals surface area contributed by atoms with E-state index < -0.39 is 30.6 Å². The van der Waals surface area contributed by atoms with Crippen molar-refractivity contribution >= 4 is 24.2 Å². The number of aromatic amines is 1. The van der Waals surface area contributed by atoms with Gasteiger partial charge >= 0.3 is 12.1 Å². The molecule has 36 heavy (non-hydrogen) atoms. The molecule has 3 aromatic rings. The second-order valence-electron chi connectivity index (χ2n) is 7.37. The van der Waals surface area contributed by atoms with Crippen LogP contribution in [-0.2, 0) is 27.4 Å². The Morgan fingerprint density at radius 2 is 1.97 bits per heavy atom. The quantitative estimate of drug-likeness (QED) is 0.218. The number of carboxylic acids is 1. The fourth-order valence-corrected chi connectivity index (χ4v) is 3.00. The minimum atomic E-state index is -1.12. The molecule has 0 saturated carbocycles. The van der Waals surface area contributed by atoms with Crippen molar-refractivity contribution in [1.29, 1.82) is 0 Å². The van der Waals surface area contributed by atoms with E-state index in [0.717, 1.165) is 5.56 Å². The number of aliphatic carboxylic acids is 1. The summed E-state index contributed by atoms with van der Waals surface area (Å²) in [4.78, 5) is 42.6.